The molecule has 0 bridgehead atoms. The fourth-order valence-corrected chi connectivity index (χ4v) is 3.73. The fourth-order valence-electron chi connectivity index (χ4n) is 3.73. The standard InChI is InChI=1S/C25H26N2O2/c1-18-5-4-8-23(15-18)26-27-25(28)21-11-9-19(10-12-21)17-29-24-14-13-20-6-2-3-7-22(20)16-24/h2-3,6-7,9-14,16,18H,4-5,8,15,17H2,1H3,(H,27,28)/b26-23-/t18-/m1/s1. The Bertz CT molecular complexity index is 1020. The van der Waals surface area contributed by atoms with E-state index in [4.69, 9.17) is 4.74 Å². The molecule has 1 N–H and O–H groups in total. The minimum atomic E-state index is -0.169. The molecule has 1 amide bonds. The number of nitrogens with zero attached hydrogens (tertiary/aromatic N) is 1. The third-order valence-corrected chi connectivity index (χ3v) is 5.40. The van der Waals surface area contributed by atoms with Gasteiger partial charge in [0.25, 0.3) is 5.91 Å². The number of amides is 1. The number of hydrogen-bond acceptors (Lipinski definition) is 3. The molecule has 1 atom stereocenters. The maximum atomic E-state index is 12.3. The molecular weight excluding hydrogens is 360 g/mol. The van der Waals surface area contributed by atoms with Crippen LogP contribution in [0, 0.1) is 5.92 Å². The summed E-state index contributed by atoms with van der Waals surface area (Å²) >= 11 is 0. The molecular formula is C25H26N2O2. The van der Waals surface area contributed by atoms with Crippen LogP contribution in [0.4, 0.5) is 0 Å². The molecule has 0 aromatic heterocycles. The summed E-state index contributed by atoms with van der Waals surface area (Å²) in [4.78, 5) is 12.3. The number of rotatable bonds is 5. The highest BCUT2D eigenvalue weighted by atomic mass is 16.5. The van der Waals surface area contributed by atoms with Crippen molar-refractivity contribution in [2.45, 2.75) is 39.2 Å². The van der Waals surface area contributed by atoms with E-state index in [2.05, 4.69) is 35.7 Å². The van der Waals surface area contributed by atoms with Gasteiger partial charge < -0.3 is 4.74 Å². The first-order valence-electron chi connectivity index (χ1n) is 10.2. The van der Waals surface area contributed by atoms with Crippen molar-refractivity contribution < 1.29 is 9.53 Å². The number of nitrogens with one attached hydrogen (secondary N) is 1. The highest BCUT2D eigenvalue weighted by Gasteiger charge is 2.14. The summed E-state index contributed by atoms with van der Waals surface area (Å²) in [6.45, 7) is 2.69. The van der Waals surface area contributed by atoms with Gasteiger partial charge >= 0.3 is 0 Å². The number of benzene rings is 3. The summed E-state index contributed by atoms with van der Waals surface area (Å²) in [6.07, 6.45) is 4.36. The van der Waals surface area contributed by atoms with Crippen molar-refractivity contribution in [2.75, 3.05) is 0 Å². The Morgan fingerprint density at radius 1 is 1.07 bits per heavy atom. The highest BCUT2D eigenvalue weighted by molar-refractivity contribution is 5.95. The summed E-state index contributed by atoms with van der Waals surface area (Å²) in [5.41, 5.74) is 5.42. The normalized spacial score (nSPS) is 18.0. The first-order chi connectivity index (χ1) is 14.2. The fraction of sp³-hybridized carbons (Fsp3) is 0.280. The van der Waals surface area contributed by atoms with Crippen LogP contribution in [0.3, 0.4) is 0 Å². The van der Waals surface area contributed by atoms with E-state index >= 15 is 0 Å². The van der Waals surface area contributed by atoms with E-state index in [1.54, 1.807) is 0 Å². The van der Waals surface area contributed by atoms with Crippen molar-refractivity contribution in [3.63, 3.8) is 0 Å². The lowest BCUT2D eigenvalue weighted by Crippen LogP contribution is -2.22. The van der Waals surface area contributed by atoms with Gasteiger partial charge in [-0.05, 0) is 72.2 Å². The summed E-state index contributed by atoms with van der Waals surface area (Å²) in [5, 5.41) is 6.68. The van der Waals surface area contributed by atoms with Crippen LogP contribution in [0.25, 0.3) is 10.8 Å². The highest BCUT2D eigenvalue weighted by Crippen LogP contribution is 2.22. The van der Waals surface area contributed by atoms with E-state index in [-0.39, 0.29) is 5.91 Å². The molecule has 1 fully saturated rings. The minimum absolute atomic E-state index is 0.169. The molecule has 3 aromatic carbocycles. The van der Waals surface area contributed by atoms with Crippen LogP contribution in [0.1, 0.15) is 48.5 Å². The molecule has 0 unspecified atom stereocenters. The van der Waals surface area contributed by atoms with Gasteiger partial charge in [-0.15, -0.1) is 0 Å². The van der Waals surface area contributed by atoms with Crippen LogP contribution in [0.2, 0.25) is 0 Å². The van der Waals surface area contributed by atoms with Crippen molar-refractivity contribution in [3.8, 4) is 5.75 Å². The molecule has 3 aromatic rings. The van der Waals surface area contributed by atoms with Gasteiger partial charge in [-0.1, -0.05) is 49.4 Å². The van der Waals surface area contributed by atoms with Crippen molar-refractivity contribution >= 4 is 22.4 Å². The third kappa shape index (κ3) is 5.02. The van der Waals surface area contributed by atoms with E-state index in [1.807, 2.05) is 48.5 Å². The Morgan fingerprint density at radius 2 is 1.86 bits per heavy atom. The Kier molecular flexibility index (Phi) is 5.89. The van der Waals surface area contributed by atoms with Gasteiger partial charge in [0.05, 0.1) is 0 Å². The minimum Gasteiger partial charge on any atom is -0.489 e. The predicted octanol–water partition coefficient (Wildman–Crippen LogP) is 5.71. The molecule has 0 aliphatic heterocycles. The first-order valence-corrected chi connectivity index (χ1v) is 10.2. The van der Waals surface area contributed by atoms with E-state index in [9.17, 15) is 4.79 Å². The zero-order valence-electron chi connectivity index (χ0n) is 16.7. The summed E-state index contributed by atoms with van der Waals surface area (Å²) < 4.78 is 5.91. The Hall–Kier alpha value is -3.14. The van der Waals surface area contributed by atoms with Gasteiger partial charge in [0.15, 0.2) is 0 Å². The van der Waals surface area contributed by atoms with Gasteiger partial charge in [0, 0.05) is 11.3 Å². The predicted molar refractivity (Wildman–Crippen MR) is 117 cm³/mol. The van der Waals surface area contributed by atoms with Crippen molar-refractivity contribution in [3.05, 3.63) is 77.9 Å². The van der Waals surface area contributed by atoms with E-state index in [0.29, 0.717) is 18.1 Å². The zero-order valence-corrected chi connectivity index (χ0v) is 16.7. The Labute approximate surface area is 171 Å². The SMILES string of the molecule is C[C@@H]1CCC/C(=N/NC(=O)c2ccc(COc3ccc4ccccc4c3)cc2)C1. The van der Waals surface area contributed by atoms with Crippen molar-refractivity contribution in [1.29, 1.82) is 0 Å². The molecule has 4 heteroatoms. The summed E-state index contributed by atoms with van der Waals surface area (Å²) in [6, 6.07) is 21.8. The number of carbonyl (C=O) groups excluding carboxylic acids is 1. The number of ether oxygens (including phenoxy) is 1. The first kappa shape index (κ1) is 19.2. The molecule has 29 heavy (non-hydrogen) atoms. The lowest BCUT2D eigenvalue weighted by Gasteiger charge is -2.18. The van der Waals surface area contributed by atoms with E-state index in [1.165, 1.54) is 11.8 Å². The summed E-state index contributed by atoms with van der Waals surface area (Å²) in [5.74, 6) is 1.32. The van der Waals surface area contributed by atoms with Crippen molar-refractivity contribution in [2.24, 2.45) is 11.0 Å². The maximum absolute atomic E-state index is 12.3. The number of hydrazone groups is 1. The molecule has 1 aliphatic carbocycles. The second-order valence-electron chi connectivity index (χ2n) is 7.82. The lowest BCUT2D eigenvalue weighted by atomic mass is 9.89. The molecule has 1 aliphatic rings. The quantitative estimate of drug-likeness (QED) is 0.571. The van der Waals surface area contributed by atoms with E-state index < -0.39 is 0 Å². The van der Waals surface area contributed by atoms with Crippen molar-refractivity contribution in [1.82, 2.24) is 5.43 Å². The average Bonchev–Trinajstić information content (AvgIpc) is 2.76. The smallest absolute Gasteiger partial charge is 0.271 e. The number of fused-ring (bicyclic) bond motifs is 1. The molecule has 4 nitrogen and oxygen atoms in total. The van der Waals surface area contributed by atoms with Crippen LogP contribution in [-0.2, 0) is 6.61 Å². The van der Waals surface area contributed by atoms with Crippen LogP contribution in [0.15, 0.2) is 71.8 Å². The van der Waals surface area contributed by atoms with Crippen LogP contribution < -0.4 is 10.2 Å². The average molecular weight is 386 g/mol. The number of hydrogen-bond donors (Lipinski definition) is 1. The largest absolute Gasteiger partial charge is 0.489 e. The molecule has 148 valence electrons. The monoisotopic (exact) mass is 386 g/mol. The van der Waals surface area contributed by atoms with Crippen LogP contribution in [-0.4, -0.2) is 11.6 Å². The number of carbonyl (C=O) groups is 1. The van der Waals surface area contributed by atoms with Gasteiger partial charge in [0.1, 0.15) is 12.4 Å². The third-order valence-electron chi connectivity index (χ3n) is 5.40. The van der Waals surface area contributed by atoms with Gasteiger partial charge in [-0.25, -0.2) is 5.43 Å². The Morgan fingerprint density at radius 3 is 2.66 bits per heavy atom. The lowest BCUT2D eigenvalue weighted by molar-refractivity contribution is 0.0954. The second-order valence-corrected chi connectivity index (χ2v) is 7.82. The molecule has 0 saturated heterocycles. The topological polar surface area (TPSA) is 50.7 Å². The second kappa shape index (κ2) is 8.91. The molecule has 1 saturated carbocycles. The molecule has 0 radical (unpaired) electrons. The zero-order chi connectivity index (χ0) is 20.1. The van der Waals surface area contributed by atoms with Gasteiger partial charge in [0.2, 0.25) is 0 Å². The molecule has 4 rings (SSSR count). The Balaban J connectivity index is 1.33. The molecule has 0 heterocycles. The summed E-state index contributed by atoms with van der Waals surface area (Å²) in [7, 11) is 0. The maximum Gasteiger partial charge on any atom is 0.271 e. The van der Waals surface area contributed by atoms with Gasteiger partial charge in [-0.2, -0.15) is 5.10 Å². The van der Waals surface area contributed by atoms with Crippen LogP contribution >= 0.6 is 0 Å². The van der Waals surface area contributed by atoms with E-state index in [0.717, 1.165) is 41.7 Å². The van der Waals surface area contributed by atoms with Crippen LogP contribution in [0.5, 0.6) is 5.75 Å². The molecule has 0 spiro atoms. The van der Waals surface area contributed by atoms with Gasteiger partial charge in [-0.3, -0.25) is 4.79 Å².